The molecule has 0 amide bonds. The number of aromatic nitrogens is 3. The lowest BCUT2D eigenvalue weighted by Crippen LogP contribution is -2.07. The van der Waals surface area contributed by atoms with E-state index in [1.54, 1.807) is 25.4 Å². The molecule has 112 valence electrons. The van der Waals surface area contributed by atoms with Gasteiger partial charge in [0.25, 0.3) is 0 Å². The molecule has 0 saturated carbocycles. The number of imidazole rings is 1. The Morgan fingerprint density at radius 2 is 2.14 bits per heavy atom. The zero-order valence-electron chi connectivity index (χ0n) is 11.8. The Kier molecular flexibility index (Phi) is 4.11. The van der Waals surface area contributed by atoms with Crippen molar-refractivity contribution in [3.8, 4) is 5.82 Å². The van der Waals surface area contributed by atoms with Gasteiger partial charge in [-0.25, -0.2) is 9.78 Å². The predicted molar refractivity (Wildman–Crippen MR) is 74.9 cm³/mol. The van der Waals surface area contributed by atoms with Crippen molar-refractivity contribution in [1.82, 2.24) is 14.5 Å². The molecule has 2 heterocycles. The highest BCUT2D eigenvalue weighted by molar-refractivity contribution is 5.89. The Bertz CT molecular complexity index is 672. The van der Waals surface area contributed by atoms with E-state index in [1.807, 2.05) is 6.92 Å². The third-order valence-electron chi connectivity index (χ3n) is 3.27. The molecule has 2 aromatic heterocycles. The van der Waals surface area contributed by atoms with Crippen molar-refractivity contribution < 1.29 is 19.8 Å². The Labute approximate surface area is 121 Å². The molecule has 0 aromatic carbocycles. The number of rotatable bonds is 6. The third kappa shape index (κ3) is 2.96. The molecule has 0 aliphatic carbocycles. The minimum atomic E-state index is -1.10. The van der Waals surface area contributed by atoms with E-state index in [-0.39, 0.29) is 11.5 Å². The van der Waals surface area contributed by atoms with E-state index < -0.39 is 17.9 Å². The third-order valence-corrected chi connectivity index (χ3v) is 3.27. The van der Waals surface area contributed by atoms with Crippen molar-refractivity contribution in [1.29, 1.82) is 0 Å². The van der Waals surface area contributed by atoms with Crippen molar-refractivity contribution in [2.45, 2.75) is 32.6 Å². The molecule has 7 heteroatoms. The monoisotopic (exact) mass is 291 g/mol. The summed E-state index contributed by atoms with van der Waals surface area (Å²) in [6, 6.07) is 1.65. The molecule has 21 heavy (non-hydrogen) atoms. The molecule has 0 spiro atoms. The van der Waals surface area contributed by atoms with E-state index in [0.717, 1.165) is 6.42 Å². The summed E-state index contributed by atoms with van der Waals surface area (Å²) in [5.74, 6) is -1.81. The van der Waals surface area contributed by atoms with Gasteiger partial charge in [0.1, 0.15) is 5.82 Å². The van der Waals surface area contributed by atoms with Crippen LogP contribution in [0.2, 0.25) is 0 Å². The highest BCUT2D eigenvalue weighted by atomic mass is 16.4. The topological polar surface area (TPSA) is 108 Å². The summed E-state index contributed by atoms with van der Waals surface area (Å²) in [6.45, 7) is 3.55. The Balaban J connectivity index is 2.41. The first-order valence-electron chi connectivity index (χ1n) is 6.67. The van der Waals surface area contributed by atoms with Crippen LogP contribution in [0.4, 0.5) is 0 Å². The molecule has 0 fully saturated rings. The lowest BCUT2D eigenvalue weighted by Gasteiger charge is -2.02. The summed E-state index contributed by atoms with van der Waals surface area (Å²) >= 11 is 0. The normalized spacial score (nSPS) is 12.3. The van der Waals surface area contributed by atoms with Gasteiger partial charge in [-0.3, -0.25) is 4.79 Å². The van der Waals surface area contributed by atoms with Gasteiger partial charge in [-0.1, -0.05) is 6.92 Å². The number of aromatic amines is 1. The summed E-state index contributed by atoms with van der Waals surface area (Å²) in [7, 11) is 0. The van der Waals surface area contributed by atoms with Gasteiger partial charge in [0, 0.05) is 18.8 Å². The van der Waals surface area contributed by atoms with E-state index in [2.05, 4.69) is 9.97 Å². The van der Waals surface area contributed by atoms with Gasteiger partial charge in [0.2, 0.25) is 0 Å². The average Bonchev–Trinajstić information content (AvgIpc) is 3.03. The van der Waals surface area contributed by atoms with Crippen molar-refractivity contribution in [3.63, 3.8) is 0 Å². The first kappa shape index (κ1) is 14.8. The van der Waals surface area contributed by atoms with Gasteiger partial charge in [0.15, 0.2) is 11.5 Å². The second kappa shape index (κ2) is 5.82. The number of hydrogen-bond acceptors (Lipinski definition) is 3. The average molecular weight is 291 g/mol. The summed E-state index contributed by atoms with van der Waals surface area (Å²) in [6.07, 6.45) is 4.71. The molecule has 2 aromatic rings. The van der Waals surface area contributed by atoms with E-state index in [4.69, 9.17) is 5.11 Å². The van der Waals surface area contributed by atoms with Crippen molar-refractivity contribution in [2.75, 3.05) is 0 Å². The zero-order valence-corrected chi connectivity index (χ0v) is 11.8. The van der Waals surface area contributed by atoms with E-state index in [0.29, 0.717) is 17.8 Å². The van der Waals surface area contributed by atoms with Gasteiger partial charge in [-0.2, -0.15) is 0 Å². The highest BCUT2D eigenvalue weighted by Gasteiger charge is 2.20. The SMILES string of the molecule is CCCc1nc(-n2ccc(C(C)C(=O)O)c2)c(C(=O)O)[nH]1. The molecular weight excluding hydrogens is 274 g/mol. The zero-order chi connectivity index (χ0) is 15.6. The maximum Gasteiger partial charge on any atom is 0.356 e. The van der Waals surface area contributed by atoms with Crippen molar-refractivity contribution in [2.24, 2.45) is 0 Å². The number of carbonyl (C=O) groups is 2. The number of hydrogen-bond donors (Lipinski definition) is 3. The maximum absolute atomic E-state index is 11.3. The first-order valence-corrected chi connectivity index (χ1v) is 6.67. The van der Waals surface area contributed by atoms with Crippen molar-refractivity contribution in [3.05, 3.63) is 35.5 Å². The molecule has 7 nitrogen and oxygen atoms in total. The van der Waals surface area contributed by atoms with Gasteiger partial charge in [-0.15, -0.1) is 0 Å². The van der Waals surface area contributed by atoms with Gasteiger partial charge >= 0.3 is 11.9 Å². The Morgan fingerprint density at radius 1 is 1.43 bits per heavy atom. The van der Waals surface area contributed by atoms with E-state index in [9.17, 15) is 14.7 Å². The second-order valence-electron chi connectivity index (χ2n) is 4.85. The lowest BCUT2D eigenvalue weighted by atomic mass is 10.1. The van der Waals surface area contributed by atoms with Crippen molar-refractivity contribution >= 4 is 11.9 Å². The largest absolute Gasteiger partial charge is 0.481 e. The van der Waals surface area contributed by atoms with Crippen LogP contribution in [0.1, 0.15) is 48.1 Å². The molecule has 0 bridgehead atoms. The summed E-state index contributed by atoms with van der Waals surface area (Å²) < 4.78 is 1.54. The van der Waals surface area contributed by atoms with Crippen LogP contribution in [0, 0.1) is 0 Å². The molecule has 0 radical (unpaired) electrons. The Hall–Kier alpha value is -2.57. The molecule has 0 aliphatic heterocycles. The molecule has 0 aliphatic rings. The number of carboxylic acid groups (broad SMARTS) is 2. The fraction of sp³-hybridized carbons (Fsp3) is 0.357. The van der Waals surface area contributed by atoms with Crippen LogP contribution in [0.25, 0.3) is 5.82 Å². The maximum atomic E-state index is 11.3. The number of aliphatic carboxylic acids is 1. The minimum Gasteiger partial charge on any atom is -0.481 e. The molecular formula is C14H17N3O4. The van der Waals surface area contributed by atoms with Crippen LogP contribution >= 0.6 is 0 Å². The summed E-state index contributed by atoms with van der Waals surface area (Å²) in [5, 5.41) is 18.2. The number of carboxylic acids is 2. The summed E-state index contributed by atoms with van der Waals surface area (Å²) in [5.41, 5.74) is 0.599. The van der Waals surface area contributed by atoms with E-state index >= 15 is 0 Å². The highest BCUT2D eigenvalue weighted by Crippen LogP contribution is 2.20. The number of H-pyrrole nitrogens is 1. The van der Waals surface area contributed by atoms with Gasteiger partial charge in [0.05, 0.1) is 5.92 Å². The molecule has 1 unspecified atom stereocenters. The Morgan fingerprint density at radius 3 is 2.71 bits per heavy atom. The number of nitrogens with one attached hydrogen (secondary N) is 1. The van der Waals surface area contributed by atoms with Crippen LogP contribution in [-0.2, 0) is 11.2 Å². The van der Waals surface area contributed by atoms with Gasteiger partial charge in [-0.05, 0) is 25.0 Å². The number of nitrogens with zero attached hydrogens (tertiary/aromatic N) is 2. The van der Waals surface area contributed by atoms with E-state index in [1.165, 1.54) is 4.57 Å². The minimum absolute atomic E-state index is 0.00331. The first-order chi connectivity index (χ1) is 9.93. The quantitative estimate of drug-likeness (QED) is 0.754. The smallest absolute Gasteiger partial charge is 0.356 e. The van der Waals surface area contributed by atoms with Gasteiger partial charge < -0.3 is 19.8 Å². The van der Waals surface area contributed by atoms with Crippen LogP contribution in [0.3, 0.4) is 0 Å². The molecule has 2 rings (SSSR count). The van der Waals surface area contributed by atoms with Crippen LogP contribution in [0.15, 0.2) is 18.5 Å². The second-order valence-corrected chi connectivity index (χ2v) is 4.85. The number of aromatic carboxylic acids is 1. The molecule has 1 atom stereocenters. The molecule has 0 saturated heterocycles. The fourth-order valence-electron chi connectivity index (χ4n) is 2.05. The van der Waals surface area contributed by atoms with Crippen LogP contribution in [-0.4, -0.2) is 36.7 Å². The summed E-state index contributed by atoms with van der Waals surface area (Å²) in [4.78, 5) is 29.3. The lowest BCUT2D eigenvalue weighted by molar-refractivity contribution is -0.138. The van der Waals surface area contributed by atoms with Crippen LogP contribution < -0.4 is 0 Å². The standard InChI is InChI=1S/C14H17N3O4/c1-3-4-10-15-11(14(20)21)12(16-10)17-6-5-9(7-17)8(2)13(18)19/h5-8H,3-4H2,1-2H3,(H,15,16)(H,18,19)(H,20,21). The number of aryl methyl sites for hydroxylation is 1. The van der Waals surface area contributed by atoms with Crippen LogP contribution in [0.5, 0.6) is 0 Å². The fourth-order valence-corrected chi connectivity index (χ4v) is 2.05. The predicted octanol–water partition coefficient (Wildman–Crippen LogP) is 2.04. The molecule has 3 N–H and O–H groups in total.